The van der Waals surface area contributed by atoms with E-state index in [9.17, 15) is 0 Å². The predicted octanol–water partition coefficient (Wildman–Crippen LogP) is 9.10. The molecule has 226 valence electrons. The summed E-state index contributed by atoms with van der Waals surface area (Å²) < 4.78 is 4.44. The van der Waals surface area contributed by atoms with Crippen LogP contribution in [-0.4, -0.2) is 26.1 Å². The Balaban J connectivity index is 0.00000312. The number of para-hydroxylation sites is 2. The van der Waals surface area contributed by atoms with Crippen molar-refractivity contribution >= 4 is 49.3 Å². The molecular formula is C40H28N5Pt-3. The molecule has 0 aliphatic carbocycles. The van der Waals surface area contributed by atoms with Crippen LogP contribution in [0.5, 0.6) is 0 Å². The summed E-state index contributed by atoms with van der Waals surface area (Å²) in [6.07, 6.45) is 4.08. The molecule has 0 fully saturated rings. The van der Waals surface area contributed by atoms with Crippen molar-refractivity contribution in [3.05, 3.63) is 146 Å². The first kappa shape index (κ1) is 28.4. The average Bonchev–Trinajstić information content (AvgIpc) is 3.77. The van der Waals surface area contributed by atoms with Crippen molar-refractivity contribution in [3.63, 3.8) is 0 Å². The number of hydrogen-bond acceptors (Lipinski definition) is 3. The number of nitrogens with zero attached hydrogens (tertiary/aromatic N) is 5. The summed E-state index contributed by atoms with van der Waals surface area (Å²) in [6.45, 7) is 2.05. The van der Waals surface area contributed by atoms with Crippen LogP contribution in [0, 0.1) is 18.8 Å². The molecule has 1 aliphatic heterocycles. The Kier molecular flexibility index (Phi) is 6.81. The van der Waals surface area contributed by atoms with Gasteiger partial charge in [-0.1, -0.05) is 71.7 Å². The maximum Gasteiger partial charge on any atom is 0.0770 e. The molecule has 0 atom stereocenters. The van der Waals surface area contributed by atoms with E-state index in [1.165, 1.54) is 27.3 Å². The van der Waals surface area contributed by atoms with E-state index in [0.717, 1.165) is 50.2 Å². The van der Waals surface area contributed by atoms with Crippen molar-refractivity contribution in [1.82, 2.24) is 19.0 Å². The predicted molar refractivity (Wildman–Crippen MR) is 185 cm³/mol. The Morgan fingerprint density at radius 2 is 1.41 bits per heavy atom. The molecule has 0 unspecified atom stereocenters. The topological polar surface area (TPSA) is 29.2 Å². The molecule has 8 aromatic rings. The molecule has 0 saturated carbocycles. The number of imidazole rings is 1. The van der Waals surface area contributed by atoms with Crippen LogP contribution in [0.2, 0.25) is 0 Å². The molecule has 0 spiro atoms. The molecule has 6 heteroatoms. The fraction of sp³-hybridized carbons (Fsp3) is 0.0500. The summed E-state index contributed by atoms with van der Waals surface area (Å²) >= 11 is 0. The van der Waals surface area contributed by atoms with Gasteiger partial charge >= 0.3 is 0 Å². The monoisotopic (exact) mass is 773 g/mol. The second-order valence-electron chi connectivity index (χ2n) is 11.7. The zero-order valence-electron chi connectivity index (χ0n) is 25.3. The van der Waals surface area contributed by atoms with Crippen molar-refractivity contribution in [2.45, 2.75) is 0 Å². The van der Waals surface area contributed by atoms with Gasteiger partial charge in [-0.25, -0.2) is 0 Å². The quantitative estimate of drug-likeness (QED) is 0.167. The molecule has 0 amide bonds. The normalized spacial score (nSPS) is 13.0. The smallest absolute Gasteiger partial charge is 0.0770 e. The van der Waals surface area contributed by atoms with Crippen LogP contribution in [0.15, 0.2) is 128 Å². The van der Waals surface area contributed by atoms with Gasteiger partial charge in [0, 0.05) is 33.6 Å². The summed E-state index contributed by atoms with van der Waals surface area (Å²) in [4.78, 5) is 9.11. The van der Waals surface area contributed by atoms with Gasteiger partial charge in [-0.15, -0.1) is 47.6 Å². The van der Waals surface area contributed by atoms with Gasteiger partial charge in [0.05, 0.1) is 16.9 Å². The van der Waals surface area contributed by atoms with E-state index in [4.69, 9.17) is 4.98 Å². The number of fused-ring (bicyclic) bond motifs is 5. The third kappa shape index (κ3) is 4.54. The number of benzene rings is 6. The minimum Gasteiger partial charge on any atom is -0.510 e. The molecule has 1 aliphatic rings. The molecule has 5 nitrogen and oxygen atoms in total. The second kappa shape index (κ2) is 11.0. The van der Waals surface area contributed by atoms with Gasteiger partial charge in [0.1, 0.15) is 0 Å². The largest absolute Gasteiger partial charge is 0.510 e. The van der Waals surface area contributed by atoms with E-state index in [1.54, 1.807) is 0 Å². The van der Waals surface area contributed by atoms with Crippen molar-refractivity contribution in [2.24, 2.45) is 7.05 Å². The fourth-order valence-corrected chi connectivity index (χ4v) is 6.58. The molecule has 3 heterocycles. The van der Waals surface area contributed by atoms with E-state index >= 15 is 0 Å². The summed E-state index contributed by atoms with van der Waals surface area (Å²) in [5.41, 5.74) is 9.45. The Morgan fingerprint density at radius 1 is 0.630 bits per heavy atom. The van der Waals surface area contributed by atoms with E-state index < -0.39 is 0 Å². The third-order valence-corrected chi connectivity index (χ3v) is 8.84. The van der Waals surface area contributed by atoms with Crippen molar-refractivity contribution in [2.75, 3.05) is 11.9 Å². The fourth-order valence-electron chi connectivity index (χ4n) is 6.58. The second-order valence-corrected chi connectivity index (χ2v) is 11.7. The van der Waals surface area contributed by atoms with Gasteiger partial charge in [0.2, 0.25) is 0 Å². The zero-order chi connectivity index (χ0) is 30.1. The van der Waals surface area contributed by atoms with Crippen LogP contribution in [-0.2, 0) is 28.1 Å². The Bertz CT molecular complexity index is 2470. The average molecular weight is 774 g/mol. The molecule has 46 heavy (non-hydrogen) atoms. The van der Waals surface area contributed by atoms with Crippen molar-refractivity contribution in [1.29, 1.82) is 0 Å². The molecule has 0 N–H and O–H groups in total. The summed E-state index contributed by atoms with van der Waals surface area (Å²) in [5, 5.41) is 4.80. The van der Waals surface area contributed by atoms with Crippen LogP contribution in [0.25, 0.3) is 71.8 Å². The Hall–Kier alpha value is -5.12. The van der Waals surface area contributed by atoms with Crippen LogP contribution in [0.3, 0.4) is 0 Å². The van der Waals surface area contributed by atoms with Crippen LogP contribution < -0.4 is 4.90 Å². The maximum atomic E-state index is 4.99. The SMILES string of the molecule is CN1C=CN(c2[c-]c(-n3c4[c-]c(-c5nc6ccccc6n5C)ccc4c4cc(-c5ccc6ccccc6c5)ccc43)ccc2)[CH-]1.[Pt]. The summed E-state index contributed by atoms with van der Waals surface area (Å²) in [7, 11) is 4.10. The first-order valence-corrected chi connectivity index (χ1v) is 15.1. The summed E-state index contributed by atoms with van der Waals surface area (Å²) in [5.74, 6) is 0.893. The number of aromatic nitrogens is 3. The van der Waals surface area contributed by atoms with E-state index in [1.807, 2.05) is 37.1 Å². The molecule has 2 aromatic heterocycles. The Labute approximate surface area is 281 Å². The van der Waals surface area contributed by atoms with Gasteiger partial charge < -0.3 is 18.9 Å². The molecule has 0 radical (unpaired) electrons. The summed E-state index contributed by atoms with van der Waals surface area (Å²) in [6, 6.07) is 48.4. The first-order chi connectivity index (χ1) is 22.1. The minimum absolute atomic E-state index is 0. The van der Waals surface area contributed by atoms with Crippen LogP contribution in [0.4, 0.5) is 5.69 Å². The standard InChI is InChI=1S/C40H28N5.Pt/c1-42-20-21-44(26-42)32-10-7-11-33(25-32)45-37-19-17-30(29-15-14-27-8-3-4-9-28(27)22-29)23-35(37)34-18-16-31(24-39(34)45)40-41-36-12-5-6-13-38(36)43(40)2;/h3-23,26H,1-2H3;/q-3;. The van der Waals surface area contributed by atoms with E-state index in [2.05, 4.69) is 142 Å². The number of hydrogen-bond donors (Lipinski definition) is 0. The third-order valence-electron chi connectivity index (χ3n) is 8.84. The number of rotatable bonds is 4. The minimum atomic E-state index is 0. The number of aryl methyl sites for hydroxylation is 1. The van der Waals surface area contributed by atoms with Crippen molar-refractivity contribution in [3.8, 4) is 28.2 Å². The Morgan fingerprint density at radius 3 is 2.26 bits per heavy atom. The van der Waals surface area contributed by atoms with Gasteiger partial charge in [0.25, 0.3) is 0 Å². The molecule has 6 aromatic carbocycles. The molecule has 0 saturated heterocycles. The molecular weight excluding hydrogens is 746 g/mol. The van der Waals surface area contributed by atoms with Crippen LogP contribution >= 0.6 is 0 Å². The van der Waals surface area contributed by atoms with Crippen molar-refractivity contribution < 1.29 is 21.1 Å². The maximum absolute atomic E-state index is 4.99. The zero-order valence-corrected chi connectivity index (χ0v) is 27.5. The molecule has 0 bridgehead atoms. The van der Waals surface area contributed by atoms with Gasteiger partial charge in [-0.2, -0.15) is 12.7 Å². The molecule has 9 rings (SSSR count). The van der Waals surface area contributed by atoms with Gasteiger partial charge in [-0.3, -0.25) is 4.98 Å². The van der Waals surface area contributed by atoms with Gasteiger partial charge in [0.15, 0.2) is 0 Å². The van der Waals surface area contributed by atoms with E-state index in [0.29, 0.717) is 0 Å². The van der Waals surface area contributed by atoms with E-state index in [-0.39, 0.29) is 21.1 Å². The number of anilines is 1. The first-order valence-electron chi connectivity index (χ1n) is 15.1. The van der Waals surface area contributed by atoms with Crippen LogP contribution in [0.1, 0.15) is 0 Å². The van der Waals surface area contributed by atoms with Gasteiger partial charge in [-0.05, 0) is 76.5 Å².